The average Bonchev–Trinajstić information content (AvgIpc) is 3.46. The average molecular weight is 584 g/mol. The number of carbonyl (C=O) groups is 2. The molecule has 1 amide bonds. The van der Waals surface area contributed by atoms with Crippen LogP contribution in [-0.4, -0.2) is 49.1 Å². The van der Waals surface area contributed by atoms with Crippen molar-refractivity contribution in [1.29, 1.82) is 0 Å². The van der Waals surface area contributed by atoms with Gasteiger partial charge in [-0.05, 0) is 55.7 Å². The highest BCUT2D eigenvalue weighted by molar-refractivity contribution is 8.26. The Labute approximate surface area is 242 Å². The van der Waals surface area contributed by atoms with E-state index in [-0.39, 0.29) is 12.3 Å². The lowest BCUT2D eigenvalue weighted by atomic mass is 10.1. The second-order valence-electron chi connectivity index (χ2n) is 9.10. The van der Waals surface area contributed by atoms with Gasteiger partial charge >= 0.3 is 5.97 Å². The third kappa shape index (κ3) is 7.50. The van der Waals surface area contributed by atoms with Crippen LogP contribution in [0, 0.1) is 0 Å². The van der Waals surface area contributed by atoms with Gasteiger partial charge in [-0.3, -0.25) is 14.5 Å². The van der Waals surface area contributed by atoms with Crippen molar-refractivity contribution in [3.8, 4) is 22.7 Å². The number of carbonyl (C=O) groups excluding carboxylic acids is 1. The number of ether oxygens (including phenoxy) is 1. The number of nitrogens with zero attached hydrogens (tertiary/aromatic N) is 3. The zero-order chi connectivity index (χ0) is 27.8. The van der Waals surface area contributed by atoms with Crippen molar-refractivity contribution in [1.82, 2.24) is 14.7 Å². The number of rotatable bonds is 13. The van der Waals surface area contributed by atoms with Crippen molar-refractivity contribution in [2.24, 2.45) is 0 Å². The van der Waals surface area contributed by atoms with Crippen LogP contribution < -0.4 is 4.74 Å². The minimum atomic E-state index is -0.810. The van der Waals surface area contributed by atoms with Gasteiger partial charge in [0.15, 0.2) is 0 Å². The third-order valence-electron chi connectivity index (χ3n) is 6.16. The zero-order valence-electron chi connectivity index (χ0n) is 21.6. The molecule has 1 saturated heterocycles. The van der Waals surface area contributed by atoms with Crippen molar-refractivity contribution >= 4 is 57.9 Å². The lowest BCUT2D eigenvalue weighted by Gasteiger charge is -2.13. The Morgan fingerprint density at radius 1 is 1.15 bits per heavy atom. The molecular weight excluding hydrogens is 554 g/mol. The Balaban J connectivity index is 1.60. The van der Waals surface area contributed by atoms with Crippen LogP contribution in [-0.2, 0) is 9.59 Å². The summed E-state index contributed by atoms with van der Waals surface area (Å²) in [4.78, 5) is 26.1. The van der Waals surface area contributed by atoms with Crippen molar-refractivity contribution in [3.63, 3.8) is 0 Å². The maximum absolute atomic E-state index is 13.2. The number of unbranched alkanes of at least 4 members (excludes halogenated alkanes) is 3. The maximum Gasteiger partial charge on any atom is 0.303 e. The highest BCUT2D eigenvalue weighted by atomic mass is 35.5. The number of amides is 1. The van der Waals surface area contributed by atoms with Gasteiger partial charge in [0, 0.05) is 30.3 Å². The van der Waals surface area contributed by atoms with Gasteiger partial charge < -0.3 is 9.84 Å². The van der Waals surface area contributed by atoms with E-state index in [1.807, 2.05) is 60.8 Å². The number of carboxylic acids is 1. The molecule has 0 radical (unpaired) electrons. The molecule has 4 rings (SSSR count). The van der Waals surface area contributed by atoms with Crippen molar-refractivity contribution < 1.29 is 19.4 Å². The Bertz CT molecular complexity index is 1370. The van der Waals surface area contributed by atoms with Gasteiger partial charge in [-0.25, -0.2) is 4.68 Å². The molecule has 0 saturated carbocycles. The molecule has 7 nitrogen and oxygen atoms in total. The summed E-state index contributed by atoms with van der Waals surface area (Å²) in [6, 6.07) is 15.4. The van der Waals surface area contributed by atoms with Gasteiger partial charge in [0.2, 0.25) is 0 Å². The molecule has 2 heterocycles. The maximum atomic E-state index is 13.2. The highest BCUT2D eigenvalue weighted by Gasteiger charge is 2.32. The lowest BCUT2D eigenvalue weighted by Crippen LogP contribution is -2.29. The minimum Gasteiger partial charge on any atom is -0.492 e. The first-order chi connectivity index (χ1) is 18.9. The number of halogens is 1. The minimum absolute atomic E-state index is 0.127. The number of aromatic nitrogens is 2. The van der Waals surface area contributed by atoms with E-state index in [2.05, 4.69) is 6.92 Å². The Hall–Kier alpha value is -3.14. The summed E-state index contributed by atoms with van der Waals surface area (Å²) in [5.41, 5.74) is 3.13. The first kappa shape index (κ1) is 28.9. The molecule has 1 aliphatic rings. The summed E-state index contributed by atoms with van der Waals surface area (Å²) in [5, 5.41) is 14.2. The predicted molar refractivity (Wildman–Crippen MR) is 160 cm³/mol. The van der Waals surface area contributed by atoms with Gasteiger partial charge in [-0.2, -0.15) is 5.10 Å². The van der Waals surface area contributed by atoms with E-state index >= 15 is 0 Å². The molecule has 0 bridgehead atoms. The normalized spacial score (nSPS) is 14.4. The van der Waals surface area contributed by atoms with Crippen LogP contribution in [0.15, 0.2) is 59.6 Å². The second kappa shape index (κ2) is 13.8. The molecule has 3 aromatic rings. The van der Waals surface area contributed by atoms with E-state index in [0.717, 1.165) is 36.1 Å². The number of para-hydroxylation sites is 1. The smallest absolute Gasteiger partial charge is 0.303 e. The number of benzene rings is 2. The van der Waals surface area contributed by atoms with Crippen LogP contribution in [0.3, 0.4) is 0 Å². The molecular formula is C29H30ClN3O4S2. The van der Waals surface area contributed by atoms with E-state index in [4.69, 9.17) is 38.8 Å². The van der Waals surface area contributed by atoms with E-state index in [1.54, 1.807) is 9.58 Å². The Kier molecular flexibility index (Phi) is 10.2. The fourth-order valence-electron chi connectivity index (χ4n) is 4.08. The summed E-state index contributed by atoms with van der Waals surface area (Å²) in [6.45, 7) is 3.17. The molecule has 10 heteroatoms. The molecule has 0 aliphatic carbocycles. The first-order valence-corrected chi connectivity index (χ1v) is 14.5. The molecule has 1 N–H and O–H groups in total. The summed E-state index contributed by atoms with van der Waals surface area (Å²) in [7, 11) is 0. The van der Waals surface area contributed by atoms with Crippen LogP contribution in [0.4, 0.5) is 0 Å². The lowest BCUT2D eigenvalue weighted by molar-refractivity contribution is -0.137. The molecule has 1 fully saturated rings. The van der Waals surface area contributed by atoms with Gasteiger partial charge in [0.25, 0.3) is 5.91 Å². The van der Waals surface area contributed by atoms with Crippen LogP contribution in [0.5, 0.6) is 5.75 Å². The molecule has 39 heavy (non-hydrogen) atoms. The van der Waals surface area contributed by atoms with Gasteiger partial charge in [-0.1, -0.05) is 73.5 Å². The van der Waals surface area contributed by atoms with E-state index in [1.165, 1.54) is 11.8 Å². The number of carboxylic acid groups (broad SMARTS) is 1. The summed E-state index contributed by atoms with van der Waals surface area (Å²) < 4.78 is 8.09. The standard InChI is InChI=1S/C29H30ClN3O4S2/c1-2-3-16-37-24-14-13-20(17-23(24)30)27-21(19-33(31-27)22-10-6-4-7-11-22)18-25-28(36)32(29(38)39-25)15-9-5-8-12-26(34)35/h4,6-7,10-11,13-14,17-19H,2-3,5,8-9,12,15-16H2,1H3,(H,34,35). The highest BCUT2D eigenvalue weighted by Crippen LogP contribution is 2.36. The summed E-state index contributed by atoms with van der Waals surface area (Å²) in [5.74, 6) is -0.336. The fraction of sp³-hybridized carbons (Fsp3) is 0.310. The molecule has 0 spiro atoms. The van der Waals surface area contributed by atoms with E-state index in [0.29, 0.717) is 51.7 Å². The topological polar surface area (TPSA) is 84.7 Å². The number of thioether (sulfide) groups is 1. The molecule has 0 atom stereocenters. The van der Waals surface area contributed by atoms with E-state index in [9.17, 15) is 9.59 Å². The zero-order valence-corrected chi connectivity index (χ0v) is 24.0. The molecule has 0 unspecified atom stereocenters. The molecule has 1 aliphatic heterocycles. The van der Waals surface area contributed by atoms with Gasteiger partial charge in [0.1, 0.15) is 15.8 Å². The van der Waals surface area contributed by atoms with Crippen molar-refractivity contribution in [2.45, 2.75) is 45.4 Å². The van der Waals surface area contributed by atoms with E-state index < -0.39 is 5.97 Å². The van der Waals surface area contributed by atoms with Crippen molar-refractivity contribution in [3.05, 3.63) is 70.2 Å². The molecule has 204 valence electrons. The predicted octanol–water partition coefficient (Wildman–Crippen LogP) is 7.22. The van der Waals surface area contributed by atoms with Crippen LogP contribution in [0.2, 0.25) is 5.02 Å². The van der Waals surface area contributed by atoms with Crippen molar-refractivity contribution in [2.75, 3.05) is 13.2 Å². The monoisotopic (exact) mass is 583 g/mol. The first-order valence-electron chi connectivity index (χ1n) is 12.9. The largest absolute Gasteiger partial charge is 0.492 e. The SMILES string of the molecule is CCCCOc1ccc(-c2nn(-c3ccccc3)cc2C=C2SC(=S)N(CCCCCC(=O)O)C2=O)cc1Cl. The van der Waals surface area contributed by atoms with Crippen LogP contribution >= 0.6 is 35.6 Å². The second-order valence-corrected chi connectivity index (χ2v) is 11.2. The Morgan fingerprint density at radius 3 is 2.67 bits per heavy atom. The summed E-state index contributed by atoms with van der Waals surface area (Å²) in [6.07, 6.45) is 7.81. The Morgan fingerprint density at radius 2 is 1.95 bits per heavy atom. The number of hydrogen-bond donors (Lipinski definition) is 1. The molecule has 2 aromatic carbocycles. The van der Waals surface area contributed by atoms with Crippen LogP contribution in [0.1, 0.15) is 51.0 Å². The third-order valence-corrected chi connectivity index (χ3v) is 7.83. The number of aliphatic carboxylic acids is 1. The van der Waals surface area contributed by atoms with Crippen LogP contribution in [0.25, 0.3) is 23.0 Å². The fourth-order valence-corrected chi connectivity index (χ4v) is 5.61. The molecule has 1 aromatic heterocycles. The number of thiocarbonyl (C=S) groups is 1. The number of hydrogen-bond acceptors (Lipinski definition) is 6. The van der Waals surface area contributed by atoms with Gasteiger partial charge in [0.05, 0.1) is 22.2 Å². The summed E-state index contributed by atoms with van der Waals surface area (Å²) >= 11 is 13.3. The van der Waals surface area contributed by atoms with Gasteiger partial charge in [-0.15, -0.1) is 0 Å². The quantitative estimate of drug-likeness (QED) is 0.129.